The van der Waals surface area contributed by atoms with Crippen LogP contribution >= 0.6 is 15.9 Å². The van der Waals surface area contributed by atoms with Crippen LogP contribution in [0.15, 0.2) is 22.8 Å². The maximum atomic E-state index is 9.09. The normalized spacial score (nSPS) is 11.0. The van der Waals surface area contributed by atoms with E-state index in [2.05, 4.69) is 41.9 Å². The molecular weight excluding hydrogens is 324 g/mol. The van der Waals surface area contributed by atoms with E-state index in [9.17, 15) is 0 Å². The van der Waals surface area contributed by atoms with E-state index < -0.39 is 0 Å². The standard InChI is InChI=1S/C12H11BrN6O/c1-7-10(3-9(13)4-11(7)20-2)15-6-8(5-14)12-16-18-19-17-12/h3-4,6,15H,1-2H3,(H,16,17,18,19). The molecule has 0 aliphatic rings. The first-order valence-corrected chi connectivity index (χ1v) is 6.39. The van der Waals surface area contributed by atoms with Crippen molar-refractivity contribution in [1.29, 1.82) is 5.26 Å². The summed E-state index contributed by atoms with van der Waals surface area (Å²) in [6, 6.07) is 5.77. The summed E-state index contributed by atoms with van der Waals surface area (Å²) in [7, 11) is 1.61. The maximum Gasteiger partial charge on any atom is 0.216 e. The van der Waals surface area contributed by atoms with Crippen LogP contribution in [0.5, 0.6) is 5.75 Å². The summed E-state index contributed by atoms with van der Waals surface area (Å²) in [6.07, 6.45) is 1.53. The number of aromatic amines is 1. The summed E-state index contributed by atoms with van der Waals surface area (Å²) in [6.45, 7) is 1.92. The average Bonchev–Trinajstić information content (AvgIpc) is 2.96. The zero-order valence-electron chi connectivity index (χ0n) is 10.8. The molecule has 0 unspecified atom stereocenters. The van der Waals surface area contributed by atoms with Crippen molar-refractivity contribution in [3.05, 3.63) is 34.2 Å². The number of benzene rings is 1. The highest BCUT2D eigenvalue weighted by molar-refractivity contribution is 9.10. The third kappa shape index (κ3) is 2.95. The second kappa shape index (κ2) is 6.16. The number of hydrogen-bond acceptors (Lipinski definition) is 6. The molecule has 0 saturated carbocycles. The highest BCUT2D eigenvalue weighted by Gasteiger charge is 2.08. The maximum absolute atomic E-state index is 9.09. The van der Waals surface area contributed by atoms with Crippen molar-refractivity contribution in [2.45, 2.75) is 6.92 Å². The highest BCUT2D eigenvalue weighted by Crippen LogP contribution is 2.30. The first-order chi connectivity index (χ1) is 9.65. The zero-order valence-corrected chi connectivity index (χ0v) is 12.4. The van der Waals surface area contributed by atoms with Crippen LogP contribution in [-0.2, 0) is 0 Å². The number of methoxy groups -OCH3 is 1. The van der Waals surface area contributed by atoms with Gasteiger partial charge in [-0.3, -0.25) is 0 Å². The Bertz CT molecular complexity index is 674. The number of allylic oxidation sites excluding steroid dienone is 1. The summed E-state index contributed by atoms with van der Waals surface area (Å²) in [5.41, 5.74) is 2.02. The number of nitrogens with zero attached hydrogens (tertiary/aromatic N) is 4. The number of halogens is 1. The third-order valence-electron chi connectivity index (χ3n) is 2.62. The van der Waals surface area contributed by atoms with Gasteiger partial charge in [0.25, 0.3) is 0 Å². The van der Waals surface area contributed by atoms with Crippen LogP contribution in [0.3, 0.4) is 0 Å². The lowest BCUT2D eigenvalue weighted by Crippen LogP contribution is -1.97. The lowest BCUT2D eigenvalue weighted by Gasteiger charge is -2.11. The Morgan fingerprint density at radius 3 is 2.95 bits per heavy atom. The van der Waals surface area contributed by atoms with Crippen LogP contribution in [0.25, 0.3) is 5.57 Å². The molecule has 2 aromatic rings. The van der Waals surface area contributed by atoms with Gasteiger partial charge in [0.2, 0.25) is 5.82 Å². The minimum Gasteiger partial charge on any atom is -0.496 e. The number of nitriles is 1. The Morgan fingerprint density at radius 1 is 1.55 bits per heavy atom. The van der Waals surface area contributed by atoms with E-state index in [0.717, 1.165) is 21.5 Å². The van der Waals surface area contributed by atoms with Crippen LogP contribution < -0.4 is 10.1 Å². The molecule has 1 heterocycles. The first kappa shape index (κ1) is 14.0. The molecule has 0 aliphatic heterocycles. The summed E-state index contributed by atoms with van der Waals surface area (Å²) in [5.74, 6) is 0.980. The van der Waals surface area contributed by atoms with Gasteiger partial charge in [0.15, 0.2) is 0 Å². The molecule has 0 saturated heterocycles. The molecule has 20 heavy (non-hydrogen) atoms. The summed E-state index contributed by atoms with van der Waals surface area (Å²) in [4.78, 5) is 0. The van der Waals surface area contributed by atoms with Gasteiger partial charge in [0, 0.05) is 21.9 Å². The van der Waals surface area contributed by atoms with Gasteiger partial charge in [-0.15, -0.1) is 10.2 Å². The summed E-state index contributed by atoms with van der Waals surface area (Å²) >= 11 is 3.41. The molecule has 8 heteroatoms. The van der Waals surface area contributed by atoms with Crippen LogP contribution in [0.1, 0.15) is 11.4 Å². The van der Waals surface area contributed by atoms with Crippen molar-refractivity contribution in [3.63, 3.8) is 0 Å². The Morgan fingerprint density at radius 2 is 2.35 bits per heavy atom. The zero-order chi connectivity index (χ0) is 14.5. The van der Waals surface area contributed by atoms with Gasteiger partial charge in [-0.25, -0.2) is 0 Å². The predicted molar refractivity (Wildman–Crippen MR) is 76.8 cm³/mol. The number of rotatable bonds is 4. The average molecular weight is 335 g/mol. The monoisotopic (exact) mass is 334 g/mol. The lowest BCUT2D eigenvalue weighted by molar-refractivity contribution is 0.411. The van der Waals surface area contributed by atoms with Gasteiger partial charge in [-0.1, -0.05) is 15.9 Å². The van der Waals surface area contributed by atoms with Crippen LogP contribution in [-0.4, -0.2) is 27.7 Å². The number of nitrogens with one attached hydrogen (secondary N) is 2. The summed E-state index contributed by atoms with van der Waals surface area (Å²) < 4.78 is 6.15. The second-order valence-corrected chi connectivity index (χ2v) is 4.75. The van der Waals surface area contributed by atoms with Gasteiger partial charge in [-0.2, -0.15) is 10.5 Å². The van der Waals surface area contributed by atoms with Crippen molar-refractivity contribution in [3.8, 4) is 11.8 Å². The minimum absolute atomic E-state index is 0.236. The quantitative estimate of drug-likeness (QED) is 0.832. The van der Waals surface area contributed by atoms with Crippen molar-refractivity contribution in [2.75, 3.05) is 12.4 Å². The van der Waals surface area contributed by atoms with E-state index in [4.69, 9.17) is 10.00 Å². The lowest BCUT2D eigenvalue weighted by atomic mass is 10.2. The fourth-order valence-electron chi connectivity index (χ4n) is 1.59. The van der Waals surface area contributed by atoms with E-state index in [1.165, 1.54) is 6.20 Å². The van der Waals surface area contributed by atoms with E-state index in [-0.39, 0.29) is 11.4 Å². The van der Waals surface area contributed by atoms with Crippen LogP contribution in [0.4, 0.5) is 5.69 Å². The largest absolute Gasteiger partial charge is 0.496 e. The van der Waals surface area contributed by atoms with E-state index in [1.54, 1.807) is 7.11 Å². The van der Waals surface area contributed by atoms with Crippen LogP contribution in [0.2, 0.25) is 0 Å². The van der Waals surface area contributed by atoms with E-state index in [1.807, 2.05) is 25.1 Å². The molecular formula is C12H11BrN6O. The molecule has 2 N–H and O–H groups in total. The topological polar surface area (TPSA) is 99.5 Å². The molecule has 0 radical (unpaired) electrons. The number of hydrogen-bond donors (Lipinski definition) is 2. The molecule has 1 aromatic carbocycles. The molecule has 0 aliphatic carbocycles. The van der Waals surface area contributed by atoms with Gasteiger partial charge in [-0.05, 0) is 24.3 Å². The fourth-order valence-corrected chi connectivity index (χ4v) is 2.03. The number of anilines is 1. The van der Waals surface area contributed by atoms with Gasteiger partial charge in [0.05, 0.1) is 7.11 Å². The SMILES string of the molecule is COc1cc(Br)cc(NC=C(C#N)c2nn[nH]n2)c1C. The predicted octanol–water partition coefficient (Wildman–Crippen LogP) is 2.26. The molecule has 7 nitrogen and oxygen atoms in total. The minimum atomic E-state index is 0.236. The Hall–Kier alpha value is -2.40. The molecule has 2 rings (SSSR count). The van der Waals surface area contributed by atoms with Crippen molar-refractivity contribution in [1.82, 2.24) is 20.6 Å². The molecule has 0 bridgehead atoms. The number of H-pyrrole nitrogens is 1. The first-order valence-electron chi connectivity index (χ1n) is 5.60. The highest BCUT2D eigenvalue weighted by atomic mass is 79.9. The van der Waals surface area contributed by atoms with Gasteiger partial charge >= 0.3 is 0 Å². The van der Waals surface area contributed by atoms with Crippen LogP contribution in [0, 0.1) is 18.3 Å². The molecule has 0 amide bonds. The third-order valence-corrected chi connectivity index (χ3v) is 3.08. The Kier molecular flexibility index (Phi) is 4.32. The van der Waals surface area contributed by atoms with Crippen molar-refractivity contribution >= 4 is 27.2 Å². The molecule has 1 aromatic heterocycles. The molecule has 0 atom stereocenters. The van der Waals surface area contributed by atoms with Gasteiger partial charge < -0.3 is 10.1 Å². The van der Waals surface area contributed by atoms with Crippen molar-refractivity contribution in [2.24, 2.45) is 0 Å². The Balaban J connectivity index is 2.31. The smallest absolute Gasteiger partial charge is 0.216 e. The molecule has 0 spiro atoms. The second-order valence-electron chi connectivity index (χ2n) is 3.83. The fraction of sp³-hybridized carbons (Fsp3) is 0.167. The van der Waals surface area contributed by atoms with E-state index >= 15 is 0 Å². The Labute approximate surface area is 123 Å². The number of aromatic nitrogens is 4. The van der Waals surface area contributed by atoms with E-state index in [0.29, 0.717) is 0 Å². The number of ether oxygens (including phenoxy) is 1. The molecule has 102 valence electrons. The number of tetrazole rings is 1. The summed E-state index contributed by atoms with van der Waals surface area (Å²) in [5, 5.41) is 25.4. The van der Waals surface area contributed by atoms with Crippen molar-refractivity contribution < 1.29 is 4.74 Å². The molecule has 0 fully saturated rings. The van der Waals surface area contributed by atoms with Gasteiger partial charge in [0.1, 0.15) is 17.4 Å².